The van der Waals surface area contributed by atoms with Crippen molar-refractivity contribution in [2.24, 2.45) is 0 Å². The summed E-state index contributed by atoms with van der Waals surface area (Å²) < 4.78 is 10.1. The highest BCUT2D eigenvalue weighted by molar-refractivity contribution is 5.72. The quantitative estimate of drug-likeness (QED) is 0.115. The Morgan fingerprint density at radius 1 is 0.741 bits per heavy atom. The van der Waals surface area contributed by atoms with Gasteiger partial charge in [-0.3, -0.25) is 4.79 Å². The molecular weight excluding hydrogens is 336 g/mol. The van der Waals surface area contributed by atoms with E-state index in [4.69, 9.17) is 4.74 Å². The first-order chi connectivity index (χ1) is 13.2. The van der Waals surface area contributed by atoms with Crippen LogP contribution in [0.15, 0.2) is 25.2 Å². The van der Waals surface area contributed by atoms with E-state index in [9.17, 15) is 4.79 Å². The molecule has 0 amide bonds. The highest BCUT2D eigenvalue weighted by Crippen LogP contribution is 2.14. The van der Waals surface area contributed by atoms with Gasteiger partial charge in [-0.15, -0.1) is 0 Å². The minimum atomic E-state index is -0.373. The maximum absolute atomic E-state index is 11.2. The van der Waals surface area contributed by atoms with Gasteiger partial charge in [0.25, 0.3) is 0 Å². The summed E-state index contributed by atoms with van der Waals surface area (Å²) in [4.78, 5) is 11.2. The first kappa shape index (κ1) is 25.8. The number of ether oxygens (including phenoxy) is 2. The van der Waals surface area contributed by atoms with E-state index in [1.165, 1.54) is 96.3 Å². The normalized spacial score (nSPS) is 10.6. The lowest BCUT2D eigenvalue weighted by Crippen LogP contribution is -2.03. The van der Waals surface area contributed by atoms with Crippen molar-refractivity contribution in [3.8, 4) is 0 Å². The van der Waals surface area contributed by atoms with Crippen molar-refractivity contribution in [1.82, 2.24) is 0 Å². The Labute approximate surface area is 168 Å². The highest BCUT2D eigenvalue weighted by Gasteiger charge is 2.05. The standard InChI is InChI=1S/C24H44O3/c1-4-6-7-8-9-10-11-12-13-14-15-16-17-18-19-20-21-27-23(3)22-24(25)26-5-2/h5H,2-4,6-22H2,1H3. The lowest BCUT2D eigenvalue weighted by atomic mass is 10.0. The molecule has 27 heavy (non-hydrogen) atoms. The van der Waals surface area contributed by atoms with Crippen LogP contribution < -0.4 is 0 Å². The fourth-order valence-corrected chi connectivity index (χ4v) is 3.21. The van der Waals surface area contributed by atoms with Crippen LogP contribution in [0, 0.1) is 0 Å². The van der Waals surface area contributed by atoms with Gasteiger partial charge < -0.3 is 9.47 Å². The van der Waals surface area contributed by atoms with Gasteiger partial charge in [-0.1, -0.05) is 116 Å². The minimum absolute atomic E-state index is 0.102. The predicted octanol–water partition coefficient (Wildman–Crippen LogP) is 7.86. The van der Waals surface area contributed by atoms with E-state index in [1.807, 2.05) is 0 Å². The Morgan fingerprint density at radius 3 is 1.56 bits per heavy atom. The van der Waals surface area contributed by atoms with Crippen LogP contribution in [0.3, 0.4) is 0 Å². The Hall–Kier alpha value is -1.25. The number of esters is 1. The van der Waals surface area contributed by atoms with Crippen molar-refractivity contribution in [3.05, 3.63) is 25.2 Å². The number of carbonyl (C=O) groups is 1. The van der Waals surface area contributed by atoms with Crippen LogP contribution >= 0.6 is 0 Å². The fourth-order valence-electron chi connectivity index (χ4n) is 3.21. The third-order valence-corrected chi connectivity index (χ3v) is 4.86. The number of unbranched alkanes of at least 4 members (excludes halogenated alkanes) is 15. The van der Waals surface area contributed by atoms with Crippen molar-refractivity contribution >= 4 is 5.97 Å². The Morgan fingerprint density at radius 2 is 1.15 bits per heavy atom. The summed E-state index contributed by atoms with van der Waals surface area (Å²) in [5, 5.41) is 0. The van der Waals surface area contributed by atoms with Crippen LogP contribution in [-0.2, 0) is 14.3 Å². The van der Waals surface area contributed by atoms with E-state index >= 15 is 0 Å². The Balaban J connectivity index is 3.15. The van der Waals surface area contributed by atoms with E-state index in [2.05, 4.69) is 24.8 Å². The van der Waals surface area contributed by atoms with E-state index in [0.29, 0.717) is 12.4 Å². The summed E-state index contributed by atoms with van der Waals surface area (Å²) in [6.07, 6.45) is 23.0. The highest BCUT2D eigenvalue weighted by atomic mass is 16.5. The van der Waals surface area contributed by atoms with Gasteiger partial charge >= 0.3 is 5.97 Å². The Bertz CT molecular complexity index is 363. The molecule has 0 aliphatic carbocycles. The van der Waals surface area contributed by atoms with E-state index < -0.39 is 0 Å². The third kappa shape index (κ3) is 20.9. The molecule has 3 heteroatoms. The molecule has 0 atom stereocenters. The van der Waals surface area contributed by atoms with Gasteiger partial charge in [-0.25, -0.2) is 0 Å². The molecule has 0 spiro atoms. The zero-order valence-corrected chi connectivity index (χ0v) is 17.9. The summed E-state index contributed by atoms with van der Waals surface area (Å²) in [6, 6.07) is 0. The van der Waals surface area contributed by atoms with Gasteiger partial charge in [0.05, 0.1) is 18.6 Å². The molecule has 0 bridgehead atoms. The molecule has 0 rings (SSSR count). The topological polar surface area (TPSA) is 35.5 Å². The SMILES string of the molecule is C=COC(=O)CC(=C)OCCCCCCCCCCCCCCCCCC. The fraction of sp³-hybridized carbons (Fsp3) is 0.792. The van der Waals surface area contributed by atoms with Gasteiger partial charge in [0.15, 0.2) is 0 Å². The molecule has 0 heterocycles. The van der Waals surface area contributed by atoms with Gasteiger partial charge in [0.1, 0.15) is 6.42 Å². The third-order valence-electron chi connectivity index (χ3n) is 4.86. The largest absolute Gasteiger partial charge is 0.498 e. The van der Waals surface area contributed by atoms with Crippen LogP contribution in [0.1, 0.15) is 116 Å². The molecule has 0 saturated heterocycles. The minimum Gasteiger partial charge on any atom is -0.498 e. The number of rotatable bonds is 21. The van der Waals surface area contributed by atoms with Crippen LogP contribution in [0.2, 0.25) is 0 Å². The molecule has 0 N–H and O–H groups in total. The van der Waals surface area contributed by atoms with Gasteiger partial charge in [-0.05, 0) is 6.42 Å². The van der Waals surface area contributed by atoms with E-state index in [0.717, 1.165) is 12.7 Å². The van der Waals surface area contributed by atoms with Crippen LogP contribution in [-0.4, -0.2) is 12.6 Å². The molecule has 3 nitrogen and oxygen atoms in total. The van der Waals surface area contributed by atoms with Gasteiger partial charge in [0, 0.05) is 0 Å². The molecule has 0 aromatic heterocycles. The Kier molecular flexibility index (Phi) is 20.1. The molecule has 0 unspecified atom stereocenters. The van der Waals surface area contributed by atoms with Crippen molar-refractivity contribution in [3.63, 3.8) is 0 Å². The lowest BCUT2D eigenvalue weighted by Gasteiger charge is -2.08. The van der Waals surface area contributed by atoms with E-state index in [-0.39, 0.29) is 12.4 Å². The number of hydrogen-bond donors (Lipinski definition) is 0. The monoisotopic (exact) mass is 380 g/mol. The summed E-state index contributed by atoms with van der Waals surface area (Å²) in [6.45, 7) is 9.99. The molecule has 0 fully saturated rings. The molecule has 0 aromatic carbocycles. The first-order valence-corrected chi connectivity index (χ1v) is 11.3. The second-order valence-corrected chi connectivity index (χ2v) is 7.52. The predicted molar refractivity (Wildman–Crippen MR) is 116 cm³/mol. The molecule has 0 aromatic rings. The zero-order chi connectivity index (χ0) is 20.0. The van der Waals surface area contributed by atoms with Crippen molar-refractivity contribution in [2.45, 2.75) is 116 Å². The van der Waals surface area contributed by atoms with Gasteiger partial charge in [0.2, 0.25) is 0 Å². The first-order valence-electron chi connectivity index (χ1n) is 11.3. The van der Waals surface area contributed by atoms with Crippen LogP contribution in [0.25, 0.3) is 0 Å². The second kappa shape index (κ2) is 21.1. The summed E-state index contributed by atoms with van der Waals surface area (Å²) in [7, 11) is 0. The van der Waals surface area contributed by atoms with Crippen molar-refractivity contribution in [2.75, 3.05) is 6.61 Å². The molecule has 0 aliphatic rings. The van der Waals surface area contributed by atoms with Gasteiger partial charge in [-0.2, -0.15) is 0 Å². The second-order valence-electron chi connectivity index (χ2n) is 7.52. The average molecular weight is 381 g/mol. The molecular formula is C24H44O3. The molecule has 0 aliphatic heterocycles. The zero-order valence-electron chi connectivity index (χ0n) is 17.9. The summed E-state index contributed by atoms with van der Waals surface area (Å²) >= 11 is 0. The van der Waals surface area contributed by atoms with Crippen LogP contribution in [0.5, 0.6) is 0 Å². The maximum atomic E-state index is 11.2. The molecule has 158 valence electrons. The summed E-state index contributed by atoms with van der Waals surface area (Å²) in [5.74, 6) is 0.102. The molecule has 0 saturated carbocycles. The van der Waals surface area contributed by atoms with Crippen LogP contribution in [0.4, 0.5) is 0 Å². The number of carbonyl (C=O) groups excluding carboxylic acids is 1. The maximum Gasteiger partial charge on any atom is 0.318 e. The summed E-state index contributed by atoms with van der Waals surface area (Å²) in [5.41, 5.74) is 0. The van der Waals surface area contributed by atoms with E-state index in [1.54, 1.807) is 0 Å². The smallest absolute Gasteiger partial charge is 0.318 e. The van der Waals surface area contributed by atoms with Crippen molar-refractivity contribution < 1.29 is 14.3 Å². The lowest BCUT2D eigenvalue weighted by molar-refractivity contribution is -0.137. The van der Waals surface area contributed by atoms with Crippen molar-refractivity contribution in [1.29, 1.82) is 0 Å². The average Bonchev–Trinajstić information content (AvgIpc) is 2.64. The molecule has 0 radical (unpaired) electrons. The number of hydrogen-bond acceptors (Lipinski definition) is 3.